The van der Waals surface area contributed by atoms with Crippen LogP contribution in [0.4, 0.5) is 19.0 Å². The SMILES string of the molecule is O=C1N[C@H]2C[C@@H](c3c(F)ccc(F)c3F)CN(CCCCCOC/C=C/c3cnc4c(c3)[C@@]3(Cc5cc1cnc5C3)C(=O)N4)C2=O. The molecule has 12 heteroatoms. The van der Waals surface area contributed by atoms with Gasteiger partial charge in [0.05, 0.1) is 17.6 Å². The molecule has 1 spiro atoms. The second-order valence-corrected chi connectivity index (χ2v) is 12.4. The Morgan fingerprint density at radius 3 is 2.70 bits per heavy atom. The Morgan fingerprint density at radius 2 is 1.83 bits per heavy atom. The molecule has 1 aromatic carbocycles. The Balaban J connectivity index is 1.21. The number of halogens is 3. The zero-order valence-electron chi connectivity index (χ0n) is 25.0. The number of anilines is 1. The highest BCUT2D eigenvalue weighted by Crippen LogP contribution is 2.46. The molecule has 3 aromatic rings. The van der Waals surface area contributed by atoms with Gasteiger partial charge in [-0.3, -0.25) is 19.4 Å². The van der Waals surface area contributed by atoms with Gasteiger partial charge < -0.3 is 20.3 Å². The van der Waals surface area contributed by atoms with Crippen LogP contribution < -0.4 is 10.6 Å². The van der Waals surface area contributed by atoms with Crippen LogP contribution in [0.3, 0.4) is 0 Å². The first-order chi connectivity index (χ1) is 22.2. The molecule has 3 atom stereocenters. The number of rotatable bonds is 1. The van der Waals surface area contributed by atoms with Crippen LogP contribution in [0.1, 0.15) is 69.9 Å². The van der Waals surface area contributed by atoms with Gasteiger partial charge in [0.15, 0.2) is 11.6 Å². The van der Waals surface area contributed by atoms with Gasteiger partial charge >= 0.3 is 0 Å². The van der Waals surface area contributed by atoms with Crippen LogP contribution in [0, 0.1) is 17.5 Å². The fourth-order valence-corrected chi connectivity index (χ4v) is 7.13. The number of hydrogen-bond acceptors (Lipinski definition) is 6. The molecule has 2 N–H and O–H groups in total. The third kappa shape index (κ3) is 5.34. The summed E-state index contributed by atoms with van der Waals surface area (Å²) in [7, 11) is 0. The molecule has 1 saturated heterocycles. The molecule has 46 heavy (non-hydrogen) atoms. The van der Waals surface area contributed by atoms with Crippen molar-refractivity contribution in [1.82, 2.24) is 20.2 Å². The minimum absolute atomic E-state index is 0.00860. The zero-order valence-corrected chi connectivity index (χ0v) is 25.0. The maximum absolute atomic E-state index is 14.9. The van der Waals surface area contributed by atoms with E-state index < -0.39 is 46.3 Å². The molecule has 0 saturated carbocycles. The van der Waals surface area contributed by atoms with Crippen LogP contribution in [0.2, 0.25) is 0 Å². The summed E-state index contributed by atoms with van der Waals surface area (Å²) in [5.41, 5.74) is 1.85. The maximum atomic E-state index is 14.9. The average molecular weight is 632 g/mol. The molecule has 1 aliphatic carbocycles. The van der Waals surface area contributed by atoms with Crippen molar-refractivity contribution in [3.05, 3.63) is 93.7 Å². The second kappa shape index (κ2) is 12.0. The summed E-state index contributed by atoms with van der Waals surface area (Å²) in [5, 5.41) is 5.65. The quantitative estimate of drug-likeness (QED) is 0.389. The van der Waals surface area contributed by atoms with Crippen molar-refractivity contribution in [3.63, 3.8) is 0 Å². The smallest absolute Gasteiger partial charge is 0.253 e. The molecule has 0 radical (unpaired) electrons. The van der Waals surface area contributed by atoms with Crippen molar-refractivity contribution in [3.8, 4) is 0 Å². The van der Waals surface area contributed by atoms with Gasteiger partial charge in [-0.15, -0.1) is 0 Å². The van der Waals surface area contributed by atoms with Crippen molar-refractivity contribution >= 4 is 29.6 Å². The average Bonchev–Trinajstić information content (AvgIpc) is 3.56. The van der Waals surface area contributed by atoms with Crippen LogP contribution in [0.15, 0.2) is 42.7 Å². The Morgan fingerprint density at radius 1 is 0.978 bits per heavy atom. The second-order valence-electron chi connectivity index (χ2n) is 12.4. The highest BCUT2D eigenvalue weighted by atomic mass is 19.2. The van der Waals surface area contributed by atoms with Crippen LogP contribution in [0.5, 0.6) is 0 Å². The lowest BCUT2D eigenvalue weighted by atomic mass is 9.79. The van der Waals surface area contributed by atoms with Gasteiger partial charge in [-0.05, 0) is 67.5 Å². The van der Waals surface area contributed by atoms with Crippen molar-refractivity contribution in [2.45, 2.75) is 55.9 Å². The molecule has 238 valence electrons. The van der Waals surface area contributed by atoms with Crippen molar-refractivity contribution in [2.24, 2.45) is 0 Å². The Bertz CT molecular complexity index is 1780. The van der Waals surface area contributed by atoms with E-state index in [0.29, 0.717) is 50.5 Å². The Kier molecular flexibility index (Phi) is 7.83. The van der Waals surface area contributed by atoms with E-state index in [1.807, 2.05) is 18.2 Å². The highest BCUT2D eigenvalue weighted by molar-refractivity contribution is 6.06. The predicted octanol–water partition coefficient (Wildman–Crippen LogP) is 4.21. The van der Waals surface area contributed by atoms with Crippen molar-refractivity contribution in [1.29, 1.82) is 0 Å². The van der Waals surface area contributed by atoms with E-state index >= 15 is 0 Å². The summed E-state index contributed by atoms with van der Waals surface area (Å²) in [4.78, 5) is 51.0. The summed E-state index contributed by atoms with van der Waals surface area (Å²) < 4.78 is 49.7. The van der Waals surface area contributed by atoms with Crippen LogP contribution in [-0.4, -0.2) is 64.9 Å². The third-order valence-electron chi connectivity index (χ3n) is 9.48. The van der Waals surface area contributed by atoms with Gasteiger partial charge in [0.2, 0.25) is 11.8 Å². The third-order valence-corrected chi connectivity index (χ3v) is 9.48. The standard InChI is InChI=1S/C34H32F3N5O4/c35-24-6-7-25(36)29(37)28(24)22-13-26-32(44)42(18-22)8-2-1-3-9-46-10-4-5-19-11-23-30(39-16-19)41-33(45)34(23)14-20-12-21(31(43)40-26)17-38-27(20)15-34/h4-7,11-12,16-17,22,26H,1-3,8-10,13-15,18H2,(H,40,43)(H,39,41,45)/b5-4+/t22-,26+,34+/m1/s1. The molecule has 3 amide bonds. The molecule has 9 nitrogen and oxygen atoms in total. The minimum Gasteiger partial charge on any atom is -0.377 e. The largest absolute Gasteiger partial charge is 0.377 e. The summed E-state index contributed by atoms with van der Waals surface area (Å²) in [6, 6.07) is 4.13. The lowest BCUT2D eigenvalue weighted by molar-refractivity contribution is -0.136. The van der Waals surface area contributed by atoms with E-state index in [-0.39, 0.29) is 30.3 Å². The van der Waals surface area contributed by atoms with Crippen LogP contribution >= 0.6 is 0 Å². The number of hydrogen-bond donors (Lipinski definition) is 2. The maximum Gasteiger partial charge on any atom is 0.253 e. The Labute approximate surface area is 263 Å². The van der Waals surface area contributed by atoms with E-state index in [1.165, 1.54) is 11.1 Å². The fourth-order valence-electron chi connectivity index (χ4n) is 7.13. The highest BCUT2D eigenvalue weighted by Gasteiger charge is 2.52. The number of nitrogens with zero attached hydrogens (tertiary/aromatic N) is 3. The fraction of sp³-hybridized carbons (Fsp3) is 0.382. The van der Waals surface area contributed by atoms with E-state index in [2.05, 4.69) is 20.6 Å². The molecular formula is C34H32F3N5O4. The van der Waals surface area contributed by atoms with Gasteiger partial charge in [-0.25, -0.2) is 18.2 Å². The monoisotopic (exact) mass is 631 g/mol. The van der Waals surface area contributed by atoms with E-state index in [0.717, 1.165) is 41.7 Å². The van der Waals surface area contributed by atoms with Gasteiger partial charge in [0, 0.05) is 61.2 Å². The summed E-state index contributed by atoms with van der Waals surface area (Å²) >= 11 is 0. The zero-order chi connectivity index (χ0) is 32.0. The summed E-state index contributed by atoms with van der Waals surface area (Å²) in [5.74, 6) is -4.90. The number of carbonyl (C=O) groups is 3. The van der Waals surface area contributed by atoms with Gasteiger partial charge in [0.25, 0.3) is 5.91 Å². The van der Waals surface area contributed by atoms with Crippen molar-refractivity contribution < 1.29 is 32.3 Å². The number of piperidine rings is 1. The normalized spacial score (nSPS) is 25.5. The number of fused-ring (bicyclic) bond motifs is 4. The molecule has 2 aromatic heterocycles. The molecule has 7 bridgehead atoms. The first-order valence-corrected chi connectivity index (χ1v) is 15.5. The Hall–Kier alpha value is -4.58. The van der Waals surface area contributed by atoms with E-state index in [1.54, 1.807) is 12.3 Å². The number of amides is 3. The lowest BCUT2D eigenvalue weighted by Gasteiger charge is -2.38. The number of pyridine rings is 2. The van der Waals surface area contributed by atoms with Crippen LogP contribution in [0.25, 0.3) is 6.08 Å². The summed E-state index contributed by atoms with van der Waals surface area (Å²) in [6.07, 6.45) is 9.51. The predicted molar refractivity (Wildman–Crippen MR) is 161 cm³/mol. The lowest BCUT2D eigenvalue weighted by Crippen LogP contribution is -2.54. The molecule has 1 fully saturated rings. The van der Waals surface area contributed by atoms with E-state index in [9.17, 15) is 27.6 Å². The molecule has 0 unspecified atom stereocenters. The van der Waals surface area contributed by atoms with Crippen LogP contribution in [-0.2, 0) is 32.6 Å². The number of carbonyl (C=O) groups excluding carboxylic acids is 3. The van der Waals surface area contributed by atoms with Gasteiger partial charge in [-0.2, -0.15) is 0 Å². The molecule has 4 aliphatic rings. The molecular weight excluding hydrogens is 599 g/mol. The molecule has 7 rings (SSSR count). The van der Waals surface area contributed by atoms with Gasteiger partial charge in [-0.1, -0.05) is 12.2 Å². The van der Waals surface area contributed by atoms with Gasteiger partial charge in [0.1, 0.15) is 17.7 Å². The number of nitrogens with one attached hydrogen (secondary N) is 2. The number of benzene rings is 1. The minimum atomic E-state index is -1.29. The topological polar surface area (TPSA) is 114 Å². The molecule has 3 aliphatic heterocycles. The first-order valence-electron chi connectivity index (χ1n) is 15.5. The number of ether oxygens (including phenoxy) is 1. The first kappa shape index (κ1) is 30.1. The summed E-state index contributed by atoms with van der Waals surface area (Å²) in [6.45, 7) is 1.17. The number of aromatic nitrogens is 2. The van der Waals surface area contributed by atoms with Crippen molar-refractivity contribution in [2.75, 3.05) is 31.6 Å². The molecule has 5 heterocycles. The van der Waals surface area contributed by atoms with E-state index in [4.69, 9.17) is 4.74 Å².